The zero-order chi connectivity index (χ0) is 9.68. The van der Waals surface area contributed by atoms with E-state index in [-0.39, 0.29) is 0 Å². The SMILES string of the molecule is CC#C/C=C(/C)C1CCCC(=O)C1. The second kappa shape index (κ2) is 4.87. The van der Waals surface area contributed by atoms with Crippen LogP contribution in [0, 0.1) is 17.8 Å². The van der Waals surface area contributed by atoms with Gasteiger partial charge in [-0.15, -0.1) is 5.92 Å². The Balaban J connectivity index is 2.58. The molecule has 0 bridgehead atoms. The van der Waals surface area contributed by atoms with Crippen molar-refractivity contribution in [2.75, 3.05) is 0 Å². The van der Waals surface area contributed by atoms with E-state index in [1.807, 2.05) is 13.0 Å². The lowest BCUT2D eigenvalue weighted by Crippen LogP contribution is -2.15. The fourth-order valence-corrected chi connectivity index (χ4v) is 1.72. The van der Waals surface area contributed by atoms with Gasteiger partial charge in [-0.05, 0) is 38.7 Å². The van der Waals surface area contributed by atoms with Crippen molar-refractivity contribution < 1.29 is 4.79 Å². The fourth-order valence-electron chi connectivity index (χ4n) is 1.72. The van der Waals surface area contributed by atoms with Crippen molar-refractivity contribution in [3.8, 4) is 11.8 Å². The molecular weight excluding hydrogens is 160 g/mol. The molecule has 0 aromatic rings. The molecule has 1 saturated carbocycles. The number of carbonyl (C=O) groups is 1. The van der Waals surface area contributed by atoms with Crippen molar-refractivity contribution in [2.45, 2.75) is 39.5 Å². The maximum Gasteiger partial charge on any atom is 0.133 e. The normalized spacial score (nSPS) is 23.7. The Labute approximate surface area is 80.2 Å². The third kappa shape index (κ3) is 3.06. The summed E-state index contributed by atoms with van der Waals surface area (Å²) in [5, 5.41) is 0. The van der Waals surface area contributed by atoms with Gasteiger partial charge in [0.1, 0.15) is 5.78 Å². The predicted molar refractivity (Wildman–Crippen MR) is 54.2 cm³/mol. The first-order valence-corrected chi connectivity index (χ1v) is 4.84. The standard InChI is InChI=1S/C12H16O/c1-3-4-6-10(2)11-7-5-8-12(13)9-11/h6,11H,5,7-9H2,1-2H3/b10-6-. The summed E-state index contributed by atoms with van der Waals surface area (Å²) in [5.41, 5.74) is 1.27. The monoisotopic (exact) mass is 176 g/mol. The van der Waals surface area contributed by atoms with Gasteiger partial charge in [-0.2, -0.15) is 0 Å². The summed E-state index contributed by atoms with van der Waals surface area (Å²) in [5.74, 6) is 6.65. The van der Waals surface area contributed by atoms with Gasteiger partial charge in [-0.1, -0.05) is 11.5 Å². The van der Waals surface area contributed by atoms with E-state index in [9.17, 15) is 4.79 Å². The number of hydrogen-bond donors (Lipinski definition) is 0. The third-order valence-electron chi connectivity index (χ3n) is 2.57. The largest absolute Gasteiger partial charge is 0.300 e. The molecule has 0 heterocycles. The quantitative estimate of drug-likeness (QED) is 0.561. The van der Waals surface area contributed by atoms with E-state index in [1.54, 1.807) is 0 Å². The molecule has 1 fully saturated rings. The smallest absolute Gasteiger partial charge is 0.133 e. The fraction of sp³-hybridized carbons (Fsp3) is 0.583. The van der Waals surface area contributed by atoms with Gasteiger partial charge in [0, 0.05) is 12.8 Å². The first-order valence-electron chi connectivity index (χ1n) is 4.84. The summed E-state index contributed by atoms with van der Waals surface area (Å²) in [6.45, 7) is 3.91. The second-order valence-corrected chi connectivity index (χ2v) is 3.61. The summed E-state index contributed by atoms with van der Waals surface area (Å²) in [4.78, 5) is 11.2. The number of allylic oxidation sites excluding steroid dienone is 2. The Hall–Kier alpha value is -1.03. The molecule has 1 heteroatoms. The molecule has 0 radical (unpaired) electrons. The van der Waals surface area contributed by atoms with E-state index in [0.29, 0.717) is 11.7 Å². The van der Waals surface area contributed by atoms with Crippen molar-refractivity contribution in [1.82, 2.24) is 0 Å². The predicted octanol–water partition coefficient (Wildman–Crippen LogP) is 2.72. The van der Waals surface area contributed by atoms with E-state index in [4.69, 9.17) is 0 Å². The molecule has 1 unspecified atom stereocenters. The molecular formula is C12H16O. The molecule has 70 valence electrons. The minimum absolute atomic E-state index is 0.411. The highest BCUT2D eigenvalue weighted by atomic mass is 16.1. The van der Waals surface area contributed by atoms with Gasteiger partial charge in [-0.25, -0.2) is 0 Å². The van der Waals surface area contributed by atoms with Crippen molar-refractivity contribution in [3.63, 3.8) is 0 Å². The maximum absolute atomic E-state index is 11.2. The summed E-state index contributed by atoms with van der Waals surface area (Å²) in [6.07, 6.45) is 5.66. The van der Waals surface area contributed by atoms with Crippen molar-refractivity contribution in [3.05, 3.63) is 11.6 Å². The first kappa shape index (κ1) is 10.1. The van der Waals surface area contributed by atoms with Gasteiger partial charge in [0.05, 0.1) is 0 Å². The average Bonchev–Trinajstić information content (AvgIpc) is 2.14. The van der Waals surface area contributed by atoms with Crippen LogP contribution >= 0.6 is 0 Å². The van der Waals surface area contributed by atoms with Crippen LogP contribution in [0.2, 0.25) is 0 Å². The second-order valence-electron chi connectivity index (χ2n) is 3.61. The molecule has 0 spiro atoms. The molecule has 1 nitrogen and oxygen atoms in total. The van der Waals surface area contributed by atoms with E-state index >= 15 is 0 Å². The Kier molecular flexibility index (Phi) is 3.76. The Morgan fingerprint density at radius 1 is 1.62 bits per heavy atom. The van der Waals surface area contributed by atoms with Crippen LogP contribution in [0.4, 0.5) is 0 Å². The highest BCUT2D eigenvalue weighted by Crippen LogP contribution is 2.27. The lowest BCUT2D eigenvalue weighted by atomic mass is 9.83. The van der Waals surface area contributed by atoms with E-state index < -0.39 is 0 Å². The van der Waals surface area contributed by atoms with Crippen LogP contribution in [-0.2, 0) is 4.79 Å². The summed E-state index contributed by atoms with van der Waals surface area (Å²) >= 11 is 0. The van der Waals surface area contributed by atoms with Crippen LogP contribution in [0.15, 0.2) is 11.6 Å². The van der Waals surface area contributed by atoms with Crippen LogP contribution in [0.5, 0.6) is 0 Å². The average molecular weight is 176 g/mol. The summed E-state index contributed by atoms with van der Waals surface area (Å²) < 4.78 is 0. The highest BCUT2D eigenvalue weighted by molar-refractivity contribution is 5.79. The first-order chi connectivity index (χ1) is 6.24. The Morgan fingerprint density at radius 2 is 2.38 bits per heavy atom. The van der Waals surface area contributed by atoms with Crippen LogP contribution in [0.3, 0.4) is 0 Å². The minimum Gasteiger partial charge on any atom is -0.300 e. The number of carbonyl (C=O) groups excluding carboxylic acids is 1. The van der Waals surface area contributed by atoms with Crippen LogP contribution < -0.4 is 0 Å². The molecule has 0 aromatic carbocycles. The molecule has 1 aliphatic carbocycles. The van der Waals surface area contributed by atoms with Gasteiger partial charge < -0.3 is 0 Å². The zero-order valence-corrected chi connectivity index (χ0v) is 8.39. The van der Waals surface area contributed by atoms with Gasteiger partial charge >= 0.3 is 0 Å². The lowest BCUT2D eigenvalue weighted by Gasteiger charge is -2.20. The van der Waals surface area contributed by atoms with E-state index in [2.05, 4.69) is 18.8 Å². The highest BCUT2D eigenvalue weighted by Gasteiger charge is 2.19. The molecule has 0 N–H and O–H groups in total. The molecule has 0 aromatic heterocycles. The number of ketones is 1. The van der Waals surface area contributed by atoms with E-state index in [0.717, 1.165) is 25.7 Å². The molecule has 13 heavy (non-hydrogen) atoms. The molecule has 0 saturated heterocycles. The summed E-state index contributed by atoms with van der Waals surface area (Å²) in [7, 11) is 0. The Morgan fingerprint density at radius 3 is 3.00 bits per heavy atom. The van der Waals surface area contributed by atoms with Gasteiger partial charge in [0.25, 0.3) is 0 Å². The minimum atomic E-state index is 0.411. The third-order valence-corrected chi connectivity index (χ3v) is 2.57. The number of Topliss-reactive ketones (excluding diaryl/α,β-unsaturated/α-hetero) is 1. The van der Waals surface area contributed by atoms with Gasteiger partial charge in [0.15, 0.2) is 0 Å². The maximum atomic E-state index is 11.2. The molecule has 1 atom stereocenters. The van der Waals surface area contributed by atoms with Crippen LogP contribution in [0.25, 0.3) is 0 Å². The number of rotatable bonds is 1. The van der Waals surface area contributed by atoms with Gasteiger partial charge in [-0.3, -0.25) is 4.79 Å². The topological polar surface area (TPSA) is 17.1 Å². The van der Waals surface area contributed by atoms with Gasteiger partial charge in [0.2, 0.25) is 0 Å². The molecule has 1 rings (SSSR count). The van der Waals surface area contributed by atoms with Crippen molar-refractivity contribution in [1.29, 1.82) is 0 Å². The Bertz CT molecular complexity index is 275. The summed E-state index contributed by atoms with van der Waals surface area (Å²) in [6, 6.07) is 0. The molecule has 1 aliphatic rings. The zero-order valence-electron chi connectivity index (χ0n) is 8.39. The molecule has 0 amide bonds. The van der Waals surface area contributed by atoms with Crippen molar-refractivity contribution in [2.24, 2.45) is 5.92 Å². The number of hydrogen-bond acceptors (Lipinski definition) is 1. The molecule has 0 aliphatic heterocycles. The van der Waals surface area contributed by atoms with E-state index in [1.165, 1.54) is 5.57 Å². The van der Waals surface area contributed by atoms with Crippen LogP contribution in [-0.4, -0.2) is 5.78 Å². The lowest BCUT2D eigenvalue weighted by molar-refractivity contribution is -0.121. The van der Waals surface area contributed by atoms with Crippen molar-refractivity contribution >= 4 is 5.78 Å². The van der Waals surface area contributed by atoms with Crippen LogP contribution in [0.1, 0.15) is 39.5 Å².